The predicted octanol–water partition coefficient (Wildman–Crippen LogP) is 2.02. The van der Waals surface area contributed by atoms with Gasteiger partial charge in [0.25, 0.3) is 17.4 Å². The minimum Gasteiger partial charge on any atom is -0.348 e. The van der Waals surface area contributed by atoms with Crippen molar-refractivity contribution in [3.05, 3.63) is 68.1 Å². The van der Waals surface area contributed by atoms with Crippen molar-refractivity contribution in [1.29, 1.82) is 0 Å². The number of benzene rings is 1. The first-order valence-corrected chi connectivity index (χ1v) is 13.2. The van der Waals surface area contributed by atoms with Crippen LogP contribution in [-0.2, 0) is 22.9 Å². The smallest absolute Gasteiger partial charge is 0.270 e. The molecule has 8 nitrogen and oxygen atoms in total. The summed E-state index contributed by atoms with van der Waals surface area (Å²) in [6.45, 7) is 2.85. The Kier molecular flexibility index (Phi) is 6.13. The van der Waals surface area contributed by atoms with Crippen molar-refractivity contribution in [2.75, 3.05) is 25.1 Å². The van der Waals surface area contributed by atoms with Crippen LogP contribution in [0.1, 0.15) is 44.8 Å². The third kappa shape index (κ3) is 5.14. The maximum Gasteiger partial charge on any atom is 0.270 e. The Morgan fingerprint density at radius 2 is 1.82 bits per heavy atom. The molecule has 1 aliphatic heterocycles. The van der Waals surface area contributed by atoms with Gasteiger partial charge in [0.1, 0.15) is 21.1 Å². The number of aromatic nitrogens is 1. The van der Waals surface area contributed by atoms with Crippen LogP contribution in [0.15, 0.2) is 35.1 Å². The molecule has 2 aliphatic rings. The normalized spacial score (nSPS) is 16.9. The van der Waals surface area contributed by atoms with E-state index < -0.39 is 21.3 Å². The zero-order valence-electron chi connectivity index (χ0n) is 18.6. The van der Waals surface area contributed by atoms with Crippen molar-refractivity contribution in [2.45, 2.75) is 32.9 Å². The molecule has 1 aromatic heterocycles. The summed E-state index contributed by atoms with van der Waals surface area (Å²) in [5.74, 6) is -0.750. The van der Waals surface area contributed by atoms with Crippen molar-refractivity contribution in [1.82, 2.24) is 14.8 Å². The first kappa shape index (κ1) is 23.5. The summed E-state index contributed by atoms with van der Waals surface area (Å²) >= 11 is 5.88. The molecule has 176 valence electrons. The highest BCUT2D eigenvalue weighted by atomic mass is 35.5. The van der Waals surface area contributed by atoms with Crippen molar-refractivity contribution >= 4 is 33.3 Å². The molecule has 1 saturated carbocycles. The number of aryl methyl sites for hydroxylation is 1. The van der Waals surface area contributed by atoms with Crippen LogP contribution in [0.3, 0.4) is 0 Å². The average molecular weight is 492 g/mol. The number of hydrogen-bond acceptors (Lipinski definition) is 5. The summed E-state index contributed by atoms with van der Waals surface area (Å²) in [6.07, 6.45) is 2.74. The largest absolute Gasteiger partial charge is 0.348 e. The summed E-state index contributed by atoms with van der Waals surface area (Å²) in [4.78, 5) is 40.6. The Hall–Kier alpha value is -2.65. The molecule has 0 bridgehead atoms. The van der Waals surface area contributed by atoms with Gasteiger partial charge >= 0.3 is 0 Å². The lowest BCUT2D eigenvalue weighted by Crippen LogP contribution is -2.49. The van der Waals surface area contributed by atoms with Gasteiger partial charge in [-0.25, -0.2) is 8.42 Å². The van der Waals surface area contributed by atoms with Crippen LogP contribution < -0.4 is 10.9 Å². The second-order valence-corrected chi connectivity index (χ2v) is 11.7. The number of rotatable bonds is 7. The van der Waals surface area contributed by atoms with Crippen LogP contribution in [0.2, 0.25) is 5.02 Å². The van der Waals surface area contributed by atoms with E-state index >= 15 is 0 Å². The van der Waals surface area contributed by atoms with Gasteiger partial charge in [-0.05, 0) is 49.1 Å². The van der Waals surface area contributed by atoms with Gasteiger partial charge in [0.05, 0.1) is 5.75 Å². The summed E-state index contributed by atoms with van der Waals surface area (Å²) in [7, 11) is -3.15. The number of pyridine rings is 1. The number of nitrogens with one attached hydrogen (secondary N) is 1. The Labute approximate surface area is 197 Å². The van der Waals surface area contributed by atoms with E-state index in [9.17, 15) is 22.8 Å². The fraction of sp³-hybridized carbons (Fsp3) is 0.435. The van der Waals surface area contributed by atoms with Crippen LogP contribution in [0.25, 0.3) is 0 Å². The van der Waals surface area contributed by atoms with Gasteiger partial charge in [0.2, 0.25) is 0 Å². The molecule has 0 atom stereocenters. The molecule has 0 saturated heterocycles. The minimum atomic E-state index is -3.15. The fourth-order valence-electron chi connectivity index (χ4n) is 4.46. The van der Waals surface area contributed by atoms with Gasteiger partial charge in [-0.3, -0.25) is 14.4 Å². The maximum atomic E-state index is 13.2. The second kappa shape index (κ2) is 8.61. The molecule has 33 heavy (non-hydrogen) atoms. The Morgan fingerprint density at radius 1 is 1.15 bits per heavy atom. The third-order valence-corrected chi connectivity index (χ3v) is 7.61. The number of amides is 2. The Balaban J connectivity index is 1.52. The van der Waals surface area contributed by atoms with Crippen molar-refractivity contribution in [3.63, 3.8) is 0 Å². The van der Waals surface area contributed by atoms with Gasteiger partial charge in [-0.15, -0.1) is 0 Å². The van der Waals surface area contributed by atoms with E-state index in [0.717, 1.165) is 18.4 Å². The molecular weight excluding hydrogens is 466 g/mol. The monoisotopic (exact) mass is 491 g/mol. The highest BCUT2D eigenvalue weighted by Gasteiger charge is 2.47. The summed E-state index contributed by atoms with van der Waals surface area (Å²) < 4.78 is 24.9. The molecule has 1 aliphatic carbocycles. The lowest BCUT2D eigenvalue weighted by atomic mass is 10.0. The third-order valence-electron chi connectivity index (χ3n) is 6.23. The molecule has 0 radical (unpaired) electrons. The van der Waals surface area contributed by atoms with Gasteiger partial charge in [-0.1, -0.05) is 23.7 Å². The predicted molar refractivity (Wildman–Crippen MR) is 125 cm³/mol. The average Bonchev–Trinajstić information content (AvgIpc) is 3.48. The number of halogens is 1. The molecule has 1 N–H and O–H groups in total. The summed E-state index contributed by atoms with van der Waals surface area (Å²) in [5, 5.41) is 3.34. The lowest BCUT2D eigenvalue weighted by Gasteiger charge is -2.33. The lowest BCUT2D eigenvalue weighted by molar-refractivity contribution is 0.0663. The molecule has 2 aromatic rings. The van der Waals surface area contributed by atoms with Gasteiger partial charge in [0.15, 0.2) is 0 Å². The van der Waals surface area contributed by atoms with Gasteiger partial charge < -0.3 is 14.8 Å². The number of hydrogen-bond donors (Lipinski definition) is 1. The van der Waals surface area contributed by atoms with Crippen LogP contribution in [0, 0.1) is 12.3 Å². The van der Waals surface area contributed by atoms with E-state index in [1.54, 1.807) is 36.1 Å². The van der Waals surface area contributed by atoms with Crippen molar-refractivity contribution < 1.29 is 18.0 Å². The first-order valence-electron chi connectivity index (χ1n) is 10.7. The molecular formula is C23H26ClN3O5S. The van der Waals surface area contributed by atoms with Crippen molar-refractivity contribution in [2.24, 2.45) is 5.41 Å². The molecule has 2 heterocycles. The quantitative estimate of drug-likeness (QED) is 0.638. The first-order chi connectivity index (χ1) is 15.5. The molecule has 10 heteroatoms. The van der Waals surface area contributed by atoms with Crippen LogP contribution >= 0.6 is 11.6 Å². The number of sulfone groups is 1. The van der Waals surface area contributed by atoms with E-state index in [4.69, 9.17) is 11.6 Å². The molecule has 1 fully saturated rings. The topological polar surface area (TPSA) is 106 Å². The number of carbonyl (C=O) groups excluding carboxylic acids is 2. The molecule has 4 rings (SSSR count). The van der Waals surface area contributed by atoms with E-state index in [0.29, 0.717) is 23.7 Å². The fourth-order valence-corrected chi connectivity index (χ4v) is 6.07. The van der Waals surface area contributed by atoms with Gasteiger partial charge in [0, 0.05) is 42.9 Å². The Morgan fingerprint density at radius 3 is 2.42 bits per heavy atom. The van der Waals surface area contributed by atoms with Crippen molar-refractivity contribution in [3.8, 4) is 0 Å². The van der Waals surface area contributed by atoms with E-state index in [1.807, 2.05) is 0 Å². The SMILES string of the molecule is Cc1cc(C(=O)NCc2ccc(Cl)cc2)c(=O)n2c1C(=O)N(CC1(CS(C)(=O)=O)CC1)CC2. The number of carbonyl (C=O) groups is 2. The van der Waals surface area contributed by atoms with Crippen LogP contribution in [-0.4, -0.2) is 54.8 Å². The molecule has 1 aromatic carbocycles. The summed E-state index contributed by atoms with van der Waals surface area (Å²) in [6, 6.07) is 8.48. The standard InChI is InChI=1S/C23H26ClN3O5S/c1-15-11-18(20(28)25-12-16-3-5-17(24)6-4-16)21(29)27-10-9-26(22(30)19(15)27)13-23(7-8-23)14-33(2,31)32/h3-6,11H,7-10,12-14H2,1-2H3,(H,25,28). The molecule has 0 unspecified atom stereocenters. The minimum absolute atomic E-state index is 0.0118. The second-order valence-electron chi connectivity index (χ2n) is 9.15. The van der Waals surface area contributed by atoms with Crippen LogP contribution in [0.5, 0.6) is 0 Å². The molecule has 0 spiro atoms. The maximum absolute atomic E-state index is 13.2. The zero-order chi connectivity index (χ0) is 24.0. The number of nitrogens with zero attached hydrogens (tertiary/aromatic N) is 2. The zero-order valence-corrected chi connectivity index (χ0v) is 20.1. The van der Waals surface area contributed by atoms with E-state index in [1.165, 1.54) is 16.9 Å². The molecule has 2 amide bonds. The Bertz CT molecular complexity index is 1280. The number of fused-ring (bicyclic) bond motifs is 1. The summed E-state index contributed by atoms with van der Waals surface area (Å²) in [5.41, 5.74) is 0.735. The van der Waals surface area contributed by atoms with E-state index in [-0.39, 0.29) is 41.4 Å². The highest BCUT2D eigenvalue weighted by Crippen LogP contribution is 2.47. The van der Waals surface area contributed by atoms with E-state index in [2.05, 4.69) is 5.32 Å². The highest BCUT2D eigenvalue weighted by molar-refractivity contribution is 7.90. The van der Waals surface area contributed by atoms with Crippen LogP contribution in [0.4, 0.5) is 0 Å². The van der Waals surface area contributed by atoms with Gasteiger partial charge in [-0.2, -0.15) is 0 Å².